The lowest BCUT2D eigenvalue weighted by molar-refractivity contribution is 0.350. The van der Waals surface area contributed by atoms with E-state index in [9.17, 15) is 0 Å². The van der Waals surface area contributed by atoms with Gasteiger partial charge in [0.15, 0.2) is 0 Å². The van der Waals surface area contributed by atoms with Crippen LogP contribution in [-0.4, -0.2) is 18.8 Å². The number of aryl methyl sites for hydroxylation is 2. The smallest absolute Gasteiger partial charge is 0.104 e. The van der Waals surface area contributed by atoms with Crippen molar-refractivity contribution in [3.05, 3.63) is 51.2 Å². The lowest BCUT2D eigenvalue weighted by atomic mass is 10.1. The summed E-state index contributed by atoms with van der Waals surface area (Å²) >= 11 is 1.71. The fourth-order valence-electron chi connectivity index (χ4n) is 2.17. The van der Waals surface area contributed by atoms with Crippen LogP contribution in [0.5, 0.6) is 0 Å². The summed E-state index contributed by atoms with van der Waals surface area (Å²) in [4.78, 5) is 3.52. The van der Waals surface area contributed by atoms with E-state index >= 15 is 0 Å². The number of aliphatic hydroxyl groups is 1. The Hall–Kier alpha value is -1.76. The molecule has 0 aliphatic carbocycles. The molecular weight excluding hydrogens is 266 g/mol. The molecule has 0 spiro atoms. The van der Waals surface area contributed by atoms with Crippen molar-refractivity contribution in [2.45, 2.75) is 20.4 Å². The minimum atomic E-state index is -0.0896. The lowest BCUT2D eigenvalue weighted by Gasteiger charge is -2.19. The van der Waals surface area contributed by atoms with Gasteiger partial charge in [-0.2, -0.15) is 0 Å². The van der Waals surface area contributed by atoms with Crippen molar-refractivity contribution in [1.82, 2.24) is 0 Å². The largest absolute Gasteiger partial charge is 0.384 e. The van der Waals surface area contributed by atoms with E-state index in [2.05, 4.69) is 61.9 Å². The van der Waals surface area contributed by atoms with E-state index in [1.165, 1.54) is 21.7 Å². The number of thiophene rings is 1. The fourth-order valence-corrected chi connectivity index (χ4v) is 3.04. The first-order chi connectivity index (χ1) is 9.58. The van der Waals surface area contributed by atoms with Gasteiger partial charge >= 0.3 is 0 Å². The van der Waals surface area contributed by atoms with Crippen LogP contribution < -0.4 is 4.90 Å². The van der Waals surface area contributed by atoms with Crippen LogP contribution in [-0.2, 0) is 6.54 Å². The molecule has 1 heterocycles. The normalized spacial score (nSPS) is 10.0. The molecule has 1 N–H and O–H groups in total. The first-order valence-electron chi connectivity index (χ1n) is 6.55. The predicted octanol–water partition coefficient (Wildman–Crippen LogP) is 3.35. The fraction of sp³-hybridized carbons (Fsp3) is 0.294. The highest BCUT2D eigenvalue weighted by Crippen LogP contribution is 2.22. The summed E-state index contributed by atoms with van der Waals surface area (Å²) in [6, 6.07) is 8.68. The number of nitrogens with zero attached hydrogens (tertiary/aromatic N) is 1. The monoisotopic (exact) mass is 285 g/mol. The van der Waals surface area contributed by atoms with Crippen molar-refractivity contribution in [1.29, 1.82) is 0 Å². The molecule has 0 aliphatic rings. The molecule has 0 amide bonds. The Bertz CT molecular complexity index is 628. The van der Waals surface area contributed by atoms with E-state index in [1.807, 2.05) is 5.38 Å². The van der Waals surface area contributed by atoms with Gasteiger partial charge in [0, 0.05) is 28.6 Å². The molecule has 0 atom stereocenters. The van der Waals surface area contributed by atoms with Crippen LogP contribution in [0.25, 0.3) is 0 Å². The van der Waals surface area contributed by atoms with Crippen molar-refractivity contribution in [2.24, 2.45) is 0 Å². The van der Waals surface area contributed by atoms with Gasteiger partial charge in [-0.05, 0) is 43.2 Å². The first kappa shape index (κ1) is 14.6. The maximum atomic E-state index is 8.70. The highest BCUT2D eigenvalue weighted by atomic mass is 32.1. The summed E-state index contributed by atoms with van der Waals surface area (Å²) in [5.74, 6) is 5.61. The van der Waals surface area contributed by atoms with Crippen LogP contribution in [0.3, 0.4) is 0 Å². The Kier molecular flexibility index (Phi) is 4.84. The van der Waals surface area contributed by atoms with Crippen LogP contribution >= 0.6 is 11.3 Å². The average Bonchev–Trinajstić information content (AvgIpc) is 2.82. The van der Waals surface area contributed by atoms with Gasteiger partial charge in [-0.3, -0.25) is 0 Å². The quantitative estimate of drug-likeness (QED) is 0.874. The van der Waals surface area contributed by atoms with Crippen molar-refractivity contribution in [2.75, 3.05) is 18.6 Å². The summed E-state index contributed by atoms with van der Waals surface area (Å²) < 4.78 is 0. The lowest BCUT2D eigenvalue weighted by Crippen LogP contribution is -2.15. The second-order valence-electron chi connectivity index (χ2n) is 4.96. The molecule has 20 heavy (non-hydrogen) atoms. The van der Waals surface area contributed by atoms with Crippen LogP contribution in [0.15, 0.2) is 29.6 Å². The van der Waals surface area contributed by atoms with Crippen LogP contribution in [0.4, 0.5) is 5.69 Å². The number of anilines is 1. The topological polar surface area (TPSA) is 23.5 Å². The van der Waals surface area contributed by atoms with Crippen molar-refractivity contribution in [3.63, 3.8) is 0 Å². The Morgan fingerprint density at radius 2 is 1.85 bits per heavy atom. The highest BCUT2D eigenvalue weighted by molar-refractivity contribution is 7.10. The summed E-state index contributed by atoms with van der Waals surface area (Å²) in [5.41, 5.74) is 4.78. The minimum absolute atomic E-state index is 0.0896. The molecule has 0 saturated heterocycles. The van der Waals surface area contributed by atoms with Gasteiger partial charge in [0.25, 0.3) is 0 Å². The third kappa shape index (κ3) is 3.86. The molecule has 0 aliphatic heterocycles. The predicted molar refractivity (Wildman–Crippen MR) is 86.3 cm³/mol. The zero-order valence-corrected chi connectivity index (χ0v) is 12.9. The van der Waals surface area contributed by atoms with Crippen molar-refractivity contribution in [3.8, 4) is 11.8 Å². The number of aliphatic hydroxyl groups excluding tert-OH is 1. The Labute approximate surface area is 124 Å². The maximum absolute atomic E-state index is 8.70. The Morgan fingerprint density at radius 1 is 1.15 bits per heavy atom. The third-order valence-corrected chi connectivity index (χ3v) is 3.93. The zero-order chi connectivity index (χ0) is 14.5. The molecule has 0 unspecified atom stereocenters. The molecular formula is C17H19NOS. The van der Waals surface area contributed by atoms with Gasteiger partial charge in [0.2, 0.25) is 0 Å². The van der Waals surface area contributed by atoms with Gasteiger partial charge in [0.1, 0.15) is 6.61 Å². The van der Waals surface area contributed by atoms with Crippen LogP contribution in [0, 0.1) is 25.7 Å². The maximum Gasteiger partial charge on any atom is 0.104 e. The SMILES string of the molecule is Cc1cc(C)cc(N(C)Cc2cc(C#CCO)cs2)c1. The molecule has 1 aromatic heterocycles. The molecule has 2 rings (SSSR count). The van der Waals surface area contributed by atoms with E-state index in [4.69, 9.17) is 5.11 Å². The van der Waals surface area contributed by atoms with Gasteiger partial charge in [-0.15, -0.1) is 11.3 Å². The van der Waals surface area contributed by atoms with Gasteiger partial charge in [0.05, 0.1) is 6.54 Å². The zero-order valence-electron chi connectivity index (χ0n) is 12.1. The summed E-state index contributed by atoms with van der Waals surface area (Å²) in [6.07, 6.45) is 0. The second kappa shape index (κ2) is 6.60. The third-order valence-electron chi connectivity index (χ3n) is 3.01. The van der Waals surface area contributed by atoms with E-state index in [-0.39, 0.29) is 6.61 Å². The molecule has 0 saturated carbocycles. The molecule has 1 aromatic carbocycles. The van der Waals surface area contributed by atoms with Crippen molar-refractivity contribution < 1.29 is 5.11 Å². The summed E-state index contributed by atoms with van der Waals surface area (Å²) in [6.45, 7) is 5.03. The van der Waals surface area contributed by atoms with Crippen molar-refractivity contribution >= 4 is 17.0 Å². The highest BCUT2D eigenvalue weighted by Gasteiger charge is 2.05. The number of hydrogen-bond acceptors (Lipinski definition) is 3. The van der Waals surface area contributed by atoms with Crippen LogP contribution in [0.1, 0.15) is 21.6 Å². The molecule has 2 aromatic rings. The number of hydrogen-bond donors (Lipinski definition) is 1. The van der Waals surface area contributed by atoms with Gasteiger partial charge in [-0.1, -0.05) is 17.9 Å². The summed E-state index contributed by atoms with van der Waals surface area (Å²) in [5, 5.41) is 10.7. The van der Waals surface area contributed by atoms with Gasteiger partial charge < -0.3 is 10.0 Å². The number of rotatable bonds is 3. The van der Waals surface area contributed by atoms with E-state index in [0.29, 0.717) is 0 Å². The molecule has 0 fully saturated rings. The molecule has 3 heteroatoms. The molecule has 0 bridgehead atoms. The van der Waals surface area contributed by atoms with Crippen LogP contribution in [0.2, 0.25) is 0 Å². The van der Waals surface area contributed by atoms with E-state index in [1.54, 1.807) is 11.3 Å². The standard InChI is InChI=1S/C17H19NOS/c1-13-7-14(2)9-16(8-13)18(3)11-17-10-15(12-20-17)5-4-6-19/h7-10,12,19H,6,11H2,1-3H3. The number of benzene rings is 1. The Balaban J connectivity index is 2.10. The van der Waals surface area contributed by atoms with E-state index in [0.717, 1.165) is 12.1 Å². The average molecular weight is 285 g/mol. The van der Waals surface area contributed by atoms with E-state index < -0.39 is 0 Å². The Morgan fingerprint density at radius 3 is 2.50 bits per heavy atom. The van der Waals surface area contributed by atoms with Gasteiger partial charge in [-0.25, -0.2) is 0 Å². The molecule has 104 valence electrons. The molecule has 2 nitrogen and oxygen atoms in total. The second-order valence-corrected chi connectivity index (χ2v) is 5.96. The molecule has 0 radical (unpaired) electrons. The first-order valence-corrected chi connectivity index (χ1v) is 7.43. The summed E-state index contributed by atoms with van der Waals surface area (Å²) in [7, 11) is 2.10. The minimum Gasteiger partial charge on any atom is -0.384 e.